The predicted molar refractivity (Wildman–Crippen MR) is 253 cm³/mol. The predicted octanol–water partition coefficient (Wildman–Crippen LogP) is 15.3. The van der Waals surface area contributed by atoms with E-state index in [2.05, 4.69) is 51.6 Å². The van der Waals surface area contributed by atoms with Crippen LogP contribution in [0.1, 0.15) is 259 Å². The Bertz CT molecular complexity index is 789. The van der Waals surface area contributed by atoms with Gasteiger partial charge in [0.05, 0.1) is 13.2 Å². The molecule has 2 unspecified atom stereocenters. The second-order valence-corrected chi connectivity index (χ2v) is 18.6. The maximum Gasteiger partial charge on any atom is 0.305 e. The van der Waals surface area contributed by atoms with E-state index in [0.717, 1.165) is 39.0 Å². The summed E-state index contributed by atoms with van der Waals surface area (Å²) in [6, 6.07) is 0. The average Bonchev–Trinajstić information content (AvgIpc) is 3.21. The number of hydrogen-bond donors (Lipinski definition) is 0. The lowest BCUT2D eigenvalue weighted by Gasteiger charge is -2.24. The fraction of sp³-hybridized carbons (Fsp3) is 0.962. The minimum Gasteiger partial charge on any atom is -0.465 e. The Morgan fingerprint density at radius 2 is 0.638 bits per heavy atom. The number of ether oxygens (including phenoxy) is 2. The summed E-state index contributed by atoms with van der Waals surface area (Å²) < 4.78 is 11.9. The number of likely N-dealkylation sites (N-methyl/N-ethyl adjacent to an activating group) is 1. The van der Waals surface area contributed by atoms with Gasteiger partial charge in [-0.15, -0.1) is 0 Å². The second-order valence-electron chi connectivity index (χ2n) is 18.6. The van der Waals surface area contributed by atoms with Crippen LogP contribution >= 0.6 is 0 Å². The molecule has 0 fully saturated rings. The van der Waals surface area contributed by atoms with Gasteiger partial charge >= 0.3 is 11.9 Å². The number of esters is 2. The second kappa shape index (κ2) is 45.4. The number of carbonyl (C=O) groups excluding carboxylic acids is 2. The zero-order chi connectivity index (χ0) is 42.6. The molecule has 0 spiro atoms. The van der Waals surface area contributed by atoms with E-state index in [1.54, 1.807) is 0 Å². The zero-order valence-electron chi connectivity index (χ0n) is 40.4. The zero-order valence-corrected chi connectivity index (χ0v) is 40.4. The Labute approximate surface area is 363 Å². The molecule has 0 rings (SSSR count). The van der Waals surface area contributed by atoms with Crippen LogP contribution < -0.4 is 0 Å². The van der Waals surface area contributed by atoms with E-state index >= 15 is 0 Å². The molecule has 0 radical (unpaired) electrons. The summed E-state index contributed by atoms with van der Waals surface area (Å²) in [5, 5.41) is 0. The Hall–Kier alpha value is -1.14. The first-order valence-electron chi connectivity index (χ1n) is 26.0. The maximum absolute atomic E-state index is 12.9. The quantitative estimate of drug-likeness (QED) is 0.0450. The maximum atomic E-state index is 12.9. The normalized spacial score (nSPS) is 12.8. The van der Waals surface area contributed by atoms with Gasteiger partial charge in [0.1, 0.15) is 0 Å². The molecule has 0 aromatic rings. The van der Waals surface area contributed by atoms with Gasteiger partial charge in [0.15, 0.2) is 0 Å². The average molecular weight is 821 g/mol. The van der Waals surface area contributed by atoms with Crippen LogP contribution in [0.3, 0.4) is 0 Å². The number of carbonyl (C=O) groups is 2. The van der Waals surface area contributed by atoms with Crippen LogP contribution in [-0.2, 0) is 19.1 Å². The minimum absolute atomic E-state index is 0.0394. The van der Waals surface area contributed by atoms with E-state index < -0.39 is 0 Å². The fourth-order valence-corrected chi connectivity index (χ4v) is 8.32. The van der Waals surface area contributed by atoms with E-state index in [9.17, 15) is 9.59 Å². The molecule has 6 heteroatoms. The molecule has 0 aromatic carbocycles. The third-order valence-electron chi connectivity index (χ3n) is 12.4. The van der Waals surface area contributed by atoms with Crippen molar-refractivity contribution < 1.29 is 19.1 Å². The summed E-state index contributed by atoms with van der Waals surface area (Å²) in [5.41, 5.74) is 0. The molecule has 0 heterocycles. The van der Waals surface area contributed by atoms with Crippen molar-refractivity contribution in [2.24, 2.45) is 11.8 Å². The SMILES string of the molecule is CCCCCCCCCCC(CCCCCCCC)COC(=O)CCCN(CCCC(=O)OCC(CCCCCCCC)CCCCCCCCCC)CCN(C)C. The molecule has 0 aliphatic carbocycles. The molecular formula is C52H104N2O4. The first-order chi connectivity index (χ1) is 28.4. The highest BCUT2D eigenvalue weighted by molar-refractivity contribution is 5.69. The van der Waals surface area contributed by atoms with Gasteiger partial charge in [0, 0.05) is 25.9 Å². The van der Waals surface area contributed by atoms with Crippen LogP contribution in [-0.4, -0.2) is 75.2 Å². The van der Waals surface area contributed by atoms with Gasteiger partial charge in [-0.2, -0.15) is 0 Å². The number of hydrogen-bond acceptors (Lipinski definition) is 6. The van der Waals surface area contributed by atoms with Crippen molar-refractivity contribution in [1.29, 1.82) is 0 Å². The highest BCUT2D eigenvalue weighted by Gasteiger charge is 2.16. The van der Waals surface area contributed by atoms with Gasteiger partial charge in [-0.3, -0.25) is 9.59 Å². The fourth-order valence-electron chi connectivity index (χ4n) is 8.32. The van der Waals surface area contributed by atoms with E-state index in [1.807, 2.05) is 0 Å². The summed E-state index contributed by atoms with van der Waals surface area (Å²) in [7, 11) is 4.22. The Morgan fingerprint density at radius 1 is 0.362 bits per heavy atom. The summed E-state index contributed by atoms with van der Waals surface area (Å²) in [4.78, 5) is 30.5. The molecule has 346 valence electrons. The molecule has 0 saturated heterocycles. The highest BCUT2D eigenvalue weighted by Crippen LogP contribution is 2.22. The van der Waals surface area contributed by atoms with Crippen molar-refractivity contribution in [3.63, 3.8) is 0 Å². The molecule has 58 heavy (non-hydrogen) atoms. The van der Waals surface area contributed by atoms with Crippen molar-refractivity contribution >= 4 is 11.9 Å². The van der Waals surface area contributed by atoms with Gasteiger partial charge in [0.2, 0.25) is 0 Å². The van der Waals surface area contributed by atoms with Crippen LogP contribution in [0.2, 0.25) is 0 Å². The van der Waals surface area contributed by atoms with Crippen LogP contribution in [0.5, 0.6) is 0 Å². The minimum atomic E-state index is -0.0394. The lowest BCUT2D eigenvalue weighted by Crippen LogP contribution is -2.34. The summed E-state index contributed by atoms with van der Waals surface area (Å²) in [5.74, 6) is 0.926. The summed E-state index contributed by atoms with van der Waals surface area (Å²) >= 11 is 0. The third kappa shape index (κ3) is 41.6. The van der Waals surface area contributed by atoms with Crippen molar-refractivity contribution in [2.45, 2.75) is 259 Å². The monoisotopic (exact) mass is 821 g/mol. The first-order valence-corrected chi connectivity index (χ1v) is 26.0. The lowest BCUT2D eigenvalue weighted by molar-refractivity contribution is -0.146. The molecule has 0 N–H and O–H groups in total. The van der Waals surface area contributed by atoms with Gasteiger partial charge in [0.25, 0.3) is 0 Å². The number of nitrogens with zero attached hydrogens (tertiary/aromatic N) is 2. The molecule has 2 atom stereocenters. The molecular weight excluding hydrogens is 717 g/mol. The van der Waals surface area contributed by atoms with Gasteiger partial charge in [-0.05, 0) is 77.5 Å². The topological polar surface area (TPSA) is 59.1 Å². The van der Waals surface area contributed by atoms with Crippen molar-refractivity contribution in [3.05, 3.63) is 0 Å². The molecule has 0 aliphatic heterocycles. The van der Waals surface area contributed by atoms with Crippen molar-refractivity contribution in [3.8, 4) is 0 Å². The Kier molecular flexibility index (Phi) is 44.5. The summed E-state index contributed by atoms with van der Waals surface area (Å²) in [6.07, 6.45) is 44.6. The van der Waals surface area contributed by atoms with Crippen molar-refractivity contribution in [1.82, 2.24) is 9.80 Å². The third-order valence-corrected chi connectivity index (χ3v) is 12.4. The lowest BCUT2D eigenvalue weighted by atomic mass is 9.94. The Morgan fingerprint density at radius 3 is 0.914 bits per heavy atom. The number of unbranched alkanes of at least 4 members (excludes halogenated alkanes) is 24. The molecule has 6 nitrogen and oxygen atoms in total. The van der Waals surface area contributed by atoms with Crippen LogP contribution in [0, 0.1) is 11.8 Å². The molecule has 0 aromatic heterocycles. The van der Waals surface area contributed by atoms with E-state index in [-0.39, 0.29) is 11.9 Å². The first kappa shape index (κ1) is 56.9. The number of rotatable bonds is 47. The van der Waals surface area contributed by atoms with Crippen LogP contribution in [0.4, 0.5) is 0 Å². The van der Waals surface area contributed by atoms with E-state index in [1.165, 1.54) is 205 Å². The largest absolute Gasteiger partial charge is 0.465 e. The Balaban J connectivity index is 4.73. The van der Waals surface area contributed by atoms with E-state index in [0.29, 0.717) is 37.9 Å². The van der Waals surface area contributed by atoms with Crippen LogP contribution in [0.25, 0.3) is 0 Å². The standard InChI is InChI=1S/C52H104N2O4/c1-7-11-15-19-23-25-29-33-39-49(37-31-27-21-17-13-9-3)47-57-51(55)41-35-43-54(46-45-53(5)6)44-36-42-52(56)58-48-50(38-32-28-22-18-14-10-4)40-34-30-26-24-20-16-12-8-2/h49-50H,7-48H2,1-6H3. The molecule has 0 aliphatic rings. The van der Waals surface area contributed by atoms with Gasteiger partial charge < -0.3 is 19.3 Å². The molecule has 0 bridgehead atoms. The van der Waals surface area contributed by atoms with E-state index in [4.69, 9.17) is 9.47 Å². The summed E-state index contributed by atoms with van der Waals surface area (Å²) in [6.45, 7) is 13.9. The van der Waals surface area contributed by atoms with Crippen molar-refractivity contribution in [2.75, 3.05) is 53.5 Å². The highest BCUT2D eigenvalue weighted by atomic mass is 16.5. The van der Waals surface area contributed by atoms with Crippen LogP contribution in [0.15, 0.2) is 0 Å². The van der Waals surface area contributed by atoms with Gasteiger partial charge in [-0.1, -0.05) is 207 Å². The van der Waals surface area contributed by atoms with Gasteiger partial charge in [-0.25, -0.2) is 0 Å². The molecule has 0 saturated carbocycles. The smallest absolute Gasteiger partial charge is 0.305 e. The molecule has 0 amide bonds.